The molecule has 1 atom stereocenters. The molecule has 0 aromatic heterocycles. The van der Waals surface area contributed by atoms with Crippen LogP contribution in [0.3, 0.4) is 0 Å². The lowest BCUT2D eigenvalue weighted by atomic mass is 10.2. The van der Waals surface area contributed by atoms with Crippen LogP contribution < -0.4 is 20.1 Å². The predicted octanol–water partition coefficient (Wildman–Crippen LogP) is 3.91. The monoisotopic (exact) mass is 416 g/mol. The Hall–Kier alpha value is -2.15. The van der Waals surface area contributed by atoms with Crippen LogP contribution in [0.2, 0.25) is 0 Å². The van der Waals surface area contributed by atoms with E-state index in [0.29, 0.717) is 5.75 Å². The van der Waals surface area contributed by atoms with Crippen LogP contribution in [-0.2, 0) is 0 Å². The minimum absolute atomic E-state index is 0.0483. The number of amides is 2. The van der Waals surface area contributed by atoms with Gasteiger partial charge in [0.05, 0.1) is 5.56 Å². The summed E-state index contributed by atoms with van der Waals surface area (Å²) in [6, 6.07) is 14.7. The zero-order chi connectivity index (χ0) is 19.2. The first-order chi connectivity index (χ1) is 12.3. The molecule has 0 spiro atoms. The van der Waals surface area contributed by atoms with Gasteiger partial charge in [-0.2, -0.15) is 0 Å². The number of alkyl halides is 3. The van der Waals surface area contributed by atoms with Gasteiger partial charge < -0.3 is 20.1 Å². The van der Waals surface area contributed by atoms with Gasteiger partial charge in [-0.15, -0.1) is 0 Å². The molecule has 26 heavy (non-hydrogen) atoms. The fourth-order valence-corrected chi connectivity index (χ4v) is 2.20. The largest absolute Gasteiger partial charge is 0.466 e. The van der Waals surface area contributed by atoms with E-state index < -0.39 is 22.0 Å². The summed E-state index contributed by atoms with van der Waals surface area (Å²) in [5.41, 5.74) is 0.0759. The van der Waals surface area contributed by atoms with Gasteiger partial charge in [-0.25, -0.2) is 4.79 Å². The zero-order valence-electron chi connectivity index (χ0n) is 13.5. The number of carbonyl (C=O) groups excluding carboxylic acids is 2. The molecule has 2 aromatic rings. The van der Waals surface area contributed by atoms with Crippen molar-refractivity contribution in [2.45, 2.75) is 10.0 Å². The lowest BCUT2D eigenvalue weighted by Gasteiger charge is -2.26. The van der Waals surface area contributed by atoms with Gasteiger partial charge in [-0.3, -0.25) is 4.79 Å². The Morgan fingerprint density at radius 3 is 2.23 bits per heavy atom. The summed E-state index contributed by atoms with van der Waals surface area (Å²) in [5.74, 6) is -0.192. The topological polar surface area (TPSA) is 76.7 Å². The van der Waals surface area contributed by atoms with Gasteiger partial charge in [0, 0.05) is 7.05 Å². The average Bonchev–Trinajstić information content (AvgIpc) is 2.61. The van der Waals surface area contributed by atoms with Crippen molar-refractivity contribution < 1.29 is 19.1 Å². The van der Waals surface area contributed by atoms with Gasteiger partial charge in [0.25, 0.3) is 5.91 Å². The summed E-state index contributed by atoms with van der Waals surface area (Å²) < 4.78 is 8.67. The minimum Gasteiger partial charge on any atom is -0.466 e. The van der Waals surface area contributed by atoms with E-state index in [2.05, 4.69) is 10.6 Å². The third-order valence-electron chi connectivity index (χ3n) is 3.10. The molecule has 0 fully saturated rings. The lowest BCUT2D eigenvalue weighted by molar-refractivity contribution is 0.0830. The molecular weight excluding hydrogens is 403 g/mol. The van der Waals surface area contributed by atoms with Gasteiger partial charge in [0.2, 0.25) is 10.0 Å². The molecule has 0 bridgehead atoms. The fourth-order valence-electron chi connectivity index (χ4n) is 1.90. The second kappa shape index (κ2) is 8.98. The number of hydrogen-bond acceptors (Lipinski definition) is 4. The van der Waals surface area contributed by atoms with Crippen LogP contribution in [0.4, 0.5) is 4.79 Å². The van der Waals surface area contributed by atoms with E-state index in [-0.39, 0.29) is 11.3 Å². The van der Waals surface area contributed by atoms with Crippen molar-refractivity contribution >= 4 is 46.8 Å². The molecule has 0 saturated heterocycles. The maximum absolute atomic E-state index is 12.6. The minimum atomic E-state index is -1.94. The third kappa shape index (κ3) is 5.69. The first-order valence-electron chi connectivity index (χ1n) is 7.39. The van der Waals surface area contributed by atoms with Gasteiger partial charge in [-0.1, -0.05) is 65.1 Å². The van der Waals surface area contributed by atoms with Crippen molar-refractivity contribution in [3.63, 3.8) is 0 Å². The summed E-state index contributed by atoms with van der Waals surface area (Å²) in [6.07, 6.45) is -2.00. The van der Waals surface area contributed by atoms with Crippen molar-refractivity contribution in [2.75, 3.05) is 7.05 Å². The van der Waals surface area contributed by atoms with Crippen molar-refractivity contribution in [1.82, 2.24) is 10.6 Å². The second-order valence-electron chi connectivity index (χ2n) is 4.96. The summed E-state index contributed by atoms with van der Waals surface area (Å²) in [7, 11) is 1.40. The predicted molar refractivity (Wildman–Crippen MR) is 100 cm³/mol. The zero-order valence-corrected chi connectivity index (χ0v) is 15.8. The Morgan fingerprint density at radius 2 is 1.62 bits per heavy atom. The number of hydrogen-bond donors (Lipinski definition) is 2. The van der Waals surface area contributed by atoms with Gasteiger partial charge in [-0.05, 0) is 24.3 Å². The van der Waals surface area contributed by atoms with E-state index in [4.69, 9.17) is 44.3 Å². The molecule has 2 aromatic carbocycles. The van der Waals surface area contributed by atoms with Crippen LogP contribution >= 0.6 is 34.8 Å². The Bertz CT molecular complexity index is 766. The van der Waals surface area contributed by atoms with Crippen LogP contribution in [0.25, 0.3) is 0 Å². The molecule has 0 aliphatic rings. The highest BCUT2D eigenvalue weighted by molar-refractivity contribution is 6.68. The van der Waals surface area contributed by atoms with Crippen molar-refractivity contribution in [3.05, 3.63) is 60.2 Å². The summed E-state index contributed by atoms with van der Waals surface area (Å²) in [5, 5.41) is 4.78. The summed E-state index contributed by atoms with van der Waals surface area (Å²) >= 11 is 17.8. The molecule has 6 nitrogen and oxygen atoms in total. The maximum Gasteiger partial charge on any atom is 0.412 e. The van der Waals surface area contributed by atoms with E-state index in [9.17, 15) is 9.59 Å². The lowest BCUT2D eigenvalue weighted by Crippen LogP contribution is -2.48. The molecule has 0 heterocycles. The number of carbonyl (C=O) groups is 2. The highest BCUT2D eigenvalue weighted by Crippen LogP contribution is 2.32. The fraction of sp³-hybridized carbons (Fsp3) is 0.176. The van der Waals surface area contributed by atoms with Crippen LogP contribution in [-0.4, -0.2) is 29.1 Å². The second-order valence-corrected chi connectivity index (χ2v) is 7.33. The number of halogens is 3. The number of nitrogens with one attached hydrogen (secondary N) is 2. The van der Waals surface area contributed by atoms with E-state index in [0.717, 1.165) is 0 Å². The first-order valence-corrected chi connectivity index (χ1v) is 8.52. The van der Waals surface area contributed by atoms with Crippen LogP contribution in [0.15, 0.2) is 54.6 Å². The standard InChI is InChI=1S/C17H15Cl3N2O4/c1-21-16(24)26-13-10-6-5-9-12(13)14(23)22-15(17(18,19)20)25-11-7-3-2-4-8-11/h2-10,15H,1H3,(H,21,24)(H,22,23). The maximum atomic E-state index is 12.6. The summed E-state index contributed by atoms with van der Waals surface area (Å²) in [4.78, 5) is 24.0. The highest BCUT2D eigenvalue weighted by atomic mass is 35.6. The van der Waals surface area contributed by atoms with Gasteiger partial charge >= 0.3 is 6.09 Å². The molecular formula is C17H15Cl3N2O4. The van der Waals surface area contributed by atoms with E-state index in [1.165, 1.54) is 19.2 Å². The molecule has 0 aliphatic heterocycles. The highest BCUT2D eigenvalue weighted by Gasteiger charge is 2.36. The van der Waals surface area contributed by atoms with E-state index in [1.54, 1.807) is 42.5 Å². The number of para-hydroxylation sites is 2. The van der Waals surface area contributed by atoms with Crippen molar-refractivity contribution in [3.8, 4) is 11.5 Å². The SMILES string of the molecule is CNC(=O)Oc1ccccc1C(=O)NC(Oc1ccccc1)C(Cl)(Cl)Cl. The molecule has 1 unspecified atom stereocenters. The number of rotatable bonds is 5. The molecule has 0 radical (unpaired) electrons. The molecule has 2 rings (SSSR count). The molecule has 9 heteroatoms. The van der Waals surface area contributed by atoms with Crippen molar-refractivity contribution in [1.29, 1.82) is 0 Å². The van der Waals surface area contributed by atoms with Gasteiger partial charge in [0.15, 0.2) is 0 Å². The Kier molecular flexibility index (Phi) is 6.97. The Balaban J connectivity index is 2.21. The van der Waals surface area contributed by atoms with Crippen LogP contribution in [0, 0.1) is 0 Å². The van der Waals surface area contributed by atoms with Crippen molar-refractivity contribution in [2.24, 2.45) is 0 Å². The Morgan fingerprint density at radius 1 is 1.00 bits per heavy atom. The van der Waals surface area contributed by atoms with Gasteiger partial charge in [0.1, 0.15) is 11.5 Å². The van der Waals surface area contributed by atoms with Crippen LogP contribution in [0.1, 0.15) is 10.4 Å². The third-order valence-corrected chi connectivity index (χ3v) is 3.69. The number of benzene rings is 2. The molecule has 0 saturated carbocycles. The van der Waals surface area contributed by atoms with E-state index in [1.807, 2.05) is 0 Å². The molecule has 0 aliphatic carbocycles. The Labute approximate surface area is 165 Å². The first kappa shape index (κ1) is 20.2. The average molecular weight is 418 g/mol. The number of ether oxygens (including phenoxy) is 2. The van der Waals surface area contributed by atoms with Crippen LogP contribution in [0.5, 0.6) is 11.5 Å². The molecule has 2 amide bonds. The smallest absolute Gasteiger partial charge is 0.412 e. The molecule has 138 valence electrons. The molecule has 2 N–H and O–H groups in total. The summed E-state index contributed by atoms with van der Waals surface area (Å²) in [6.45, 7) is 0. The quantitative estimate of drug-likeness (QED) is 0.571. The normalized spacial score (nSPS) is 12.0. The van der Waals surface area contributed by atoms with E-state index >= 15 is 0 Å².